The van der Waals surface area contributed by atoms with E-state index in [0.29, 0.717) is 0 Å². The summed E-state index contributed by atoms with van der Waals surface area (Å²) < 4.78 is 58.9. The standard InChI is InChI=1S/C13H21N.CHF3O3S/c1-2-3-4-5-6-7-8-13-9-11-14-12-10-13;2-1(3,4)8(5,6)7/h9-12H,2-8H2,1H3;(H,5,6,7). The first-order valence-electron chi connectivity index (χ1n) is 7.15. The van der Waals surface area contributed by atoms with Crippen molar-refractivity contribution >= 4 is 10.1 Å². The highest BCUT2D eigenvalue weighted by molar-refractivity contribution is 7.86. The van der Waals surface area contributed by atoms with Crippen LogP contribution >= 0.6 is 0 Å². The molecule has 0 aromatic carbocycles. The number of unbranched alkanes of at least 4 members (excludes halogenated alkanes) is 5. The maximum atomic E-state index is 10.7. The summed E-state index contributed by atoms with van der Waals surface area (Å²) in [6, 6.07) is 4.35. The SMILES string of the molecule is CCCCCCCCc1cc[nH+]cc1.O=S(=O)([O-])C(F)(F)F. The van der Waals surface area contributed by atoms with E-state index < -0.39 is 15.6 Å². The zero-order valence-electron chi connectivity index (χ0n) is 12.5. The lowest BCUT2D eigenvalue weighted by molar-refractivity contribution is -0.378. The van der Waals surface area contributed by atoms with Crippen molar-refractivity contribution in [2.24, 2.45) is 0 Å². The molecule has 1 aromatic heterocycles. The van der Waals surface area contributed by atoms with Gasteiger partial charge in [0.1, 0.15) is 0 Å². The van der Waals surface area contributed by atoms with Crippen LogP contribution in [0.1, 0.15) is 51.0 Å². The first-order chi connectivity index (χ1) is 10.2. The van der Waals surface area contributed by atoms with Crippen molar-refractivity contribution < 1.29 is 31.1 Å². The summed E-state index contributed by atoms with van der Waals surface area (Å²) in [6.45, 7) is 2.26. The van der Waals surface area contributed by atoms with E-state index in [9.17, 15) is 13.2 Å². The second-order valence-electron chi connectivity index (χ2n) is 4.83. The van der Waals surface area contributed by atoms with Crippen LogP contribution in [0.3, 0.4) is 0 Å². The third-order valence-electron chi connectivity index (χ3n) is 2.89. The van der Waals surface area contributed by atoms with Crippen LogP contribution in [0.4, 0.5) is 13.2 Å². The van der Waals surface area contributed by atoms with E-state index in [1.807, 2.05) is 12.4 Å². The van der Waals surface area contributed by atoms with Crippen molar-refractivity contribution in [1.82, 2.24) is 0 Å². The number of aromatic amines is 1. The smallest absolute Gasteiger partial charge is 0.485 e. The van der Waals surface area contributed by atoms with Gasteiger partial charge >= 0.3 is 5.51 Å². The summed E-state index contributed by atoms with van der Waals surface area (Å²) in [4.78, 5) is 3.05. The van der Waals surface area contributed by atoms with Crippen LogP contribution in [0.15, 0.2) is 24.5 Å². The average molecular weight is 341 g/mol. The molecule has 22 heavy (non-hydrogen) atoms. The highest BCUT2D eigenvalue weighted by Gasteiger charge is 2.36. The molecule has 1 heterocycles. The van der Waals surface area contributed by atoms with Crippen molar-refractivity contribution in [3.8, 4) is 0 Å². The second kappa shape index (κ2) is 10.6. The van der Waals surface area contributed by atoms with Gasteiger partial charge in [-0.3, -0.25) is 0 Å². The zero-order chi connectivity index (χ0) is 17.1. The minimum atomic E-state index is -6.09. The fourth-order valence-corrected chi connectivity index (χ4v) is 1.70. The molecule has 0 aliphatic rings. The number of alkyl halides is 3. The molecule has 1 rings (SSSR count). The van der Waals surface area contributed by atoms with Crippen LogP contribution in [0.25, 0.3) is 0 Å². The number of aryl methyl sites for hydroxylation is 1. The predicted molar refractivity (Wildman–Crippen MR) is 75.8 cm³/mol. The number of pyridine rings is 1. The molecular weight excluding hydrogens is 319 g/mol. The van der Waals surface area contributed by atoms with Crippen LogP contribution in [-0.2, 0) is 16.5 Å². The monoisotopic (exact) mass is 341 g/mol. The van der Waals surface area contributed by atoms with E-state index in [4.69, 9.17) is 13.0 Å². The molecule has 4 nitrogen and oxygen atoms in total. The van der Waals surface area contributed by atoms with E-state index in [0.717, 1.165) is 0 Å². The van der Waals surface area contributed by atoms with Crippen LogP contribution in [-0.4, -0.2) is 18.5 Å². The summed E-state index contributed by atoms with van der Waals surface area (Å²) in [5.74, 6) is 0. The summed E-state index contributed by atoms with van der Waals surface area (Å²) in [5.41, 5.74) is -4.19. The van der Waals surface area contributed by atoms with Gasteiger partial charge < -0.3 is 4.55 Å². The number of H-pyrrole nitrogens is 1. The molecule has 8 heteroatoms. The molecule has 0 fully saturated rings. The Labute approximate surface area is 129 Å². The van der Waals surface area contributed by atoms with E-state index in [1.165, 1.54) is 50.5 Å². The van der Waals surface area contributed by atoms with Crippen molar-refractivity contribution in [2.75, 3.05) is 0 Å². The summed E-state index contributed by atoms with van der Waals surface area (Å²) in [6.07, 6.45) is 13.5. The lowest BCUT2D eigenvalue weighted by Gasteiger charge is -2.08. The molecule has 0 radical (unpaired) electrons. The number of hydrogen-bond acceptors (Lipinski definition) is 3. The highest BCUT2D eigenvalue weighted by atomic mass is 32.2. The first kappa shape index (κ1) is 20.9. The van der Waals surface area contributed by atoms with Gasteiger partial charge in [-0.25, -0.2) is 13.4 Å². The van der Waals surface area contributed by atoms with Crippen molar-refractivity contribution in [3.05, 3.63) is 30.1 Å². The molecule has 0 aliphatic carbocycles. The zero-order valence-corrected chi connectivity index (χ0v) is 13.3. The Morgan fingerprint density at radius 3 is 1.95 bits per heavy atom. The molecule has 1 aromatic rings. The van der Waals surface area contributed by atoms with E-state index >= 15 is 0 Å². The van der Waals surface area contributed by atoms with Gasteiger partial charge in [0.15, 0.2) is 22.5 Å². The van der Waals surface area contributed by atoms with Gasteiger partial charge in [-0.05, 0) is 18.4 Å². The molecule has 0 unspecified atom stereocenters. The third-order valence-corrected chi connectivity index (χ3v) is 3.46. The van der Waals surface area contributed by atoms with Gasteiger partial charge in [-0.15, -0.1) is 0 Å². The lowest BCUT2D eigenvalue weighted by atomic mass is 10.1. The Hall–Kier alpha value is -1.15. The van der Waals surface area contributed by atoms with E-state index in [1.54, 1.807) is 0 Å². The number of halogens is 3. The molecular formula is C14H22F3NO3S. The largest absolute Gasteiger partial charge is 0.741 e. The molecule has 0 saturated heterocycles. The highest BCUT2D eigenvalue weighted by Crippen LogP contribution is 2.20. The maximum Gasteiger partial charge on any atom is 0.485 e. The van der Waals surface area contributed by atoms with Gasteiger partial charge in [0.2, 0.25) is 0 Å². The van der Waals surface area contributed by atoms with E-state index in [-0.39, 0.29) is 0 Å². The molecule has 0 saturated carbocycles. The maximum absolute atomic E-state index is 10.7. The number of nitrogens with one attached hydrogen (secondary N) is 1. The average Bonchev–Trinajstić information content (AvgIpc) is 2.42. The third kappa shape index (κ3) is 10.6. The fraction of sp³-hybridized carbons (Fsp3) is 0.643. The minimum Gasteiger partial charge on any atom is -0.741 e. The molecule has 128 valence electrons. The first-order valence-corrected chi connectivity index (χ1v) is 8.56. The molecule has 0 bridgehead atoms. The Bertz CT molecular complexity index is 490. The summed E-state index contributed by atoms with van der Waals surface area (Å²) in [7, 11) is -6.09. The number of hydrogen-bond donors (Lipinski definition) is 0. The Morgan fingerprint density at radius 2 is 1.50 bits per heavy atom. The Kier molecular flexibility index (Phi) is 10.0. The van der Waals surface area contributed by atoms with Gasteiger partial charge in [-0.2, -0.15) is 13.2 Å². The van der Waals surface area contributed by atoms with Crippen molar-refractivity contribution in [3.63, 3.8) is 0 Å². The number of aromatic nitrogens is 1. The number of rotatable bonds is 7. The van der Waals surface area contributed by atoms with Gasteiger partial charge in [0.05, 0.1) is 0 Å². The van der Waals surface area contributed by atoms with Gasteiger partial charge in [0.25, 0.3) is 0 Å². The van der Waals surface area contributed by atoms with Gasteiger partial charge in [0, 0.05) is 12.1 Å². The molecule has 0 spiro atoms. The van der Waals surface area contributed by atoms with Crippen LogP contribution in [0.5, 0.6) is 0 Å². The molecule has 0 amide bonds. The van der Waals surface area contributed by atoms with Crippen LogP contribution in [0, 0.1) is 0 Å². The Balaban J connectivity index is 0.000000472. The topological polar surface area (TPSA) is 71.3 Å². The van der Waals surface area contributed by atoms with Crippen LogP contribution < -0.4 is 4.98 Å². The summed E-state index contributed by atoms with van der Waals surface area (Å²) >= 11 is 0. The minimum absolute atomic E-state index is 1.24. The summed E-state index contributed by atoms with van der Waals surface area (Å²) in [5, 5.41) is 0. The van der Waals surface area contributed by atoms with E-state index in [2.05, 4.69) is 24.0 Å². The van der Waals surface area contributed by atoms with Crippen molar-refractivity contribution in [2.45, 2.75) is 57.4 Å². The fourth-order valence-electron chi connectivity index (χ4n) is 1.70. The molecule has 1 N–H and O–H groups in total. The second-order valence-corrected chi connectivity index (χ2v) is 6.20. The van der Waals surface area contributed by atoms with Gasteiger partial charge in [-0.1, -0.05) is 39.0 Å². The molecule has 0 atom stereocenters. The quantitative estimate of drug-likeness (QED) is 0.433. The Morgan fingerprint density at radius 1 is 1.05 bits per heavy atom. The predicted octanol–water partition coefficient (Wildman–Crippen LogP) is 3.46. The normalized spacial score (nSPS) is 11.7. The molecule has 0 aliphatic heterocycles. The van der Waals surface area contributed by atoms with Crippen molar-refractivity contribution in [1.29, 1.82) is 0 Å². The van der Waals surface area contributed by atoms with Crippen LogP contribution in [0.2, 0.25) is 0 Å². The lowest BCUT2D eigenvalue weighted by Crippen LogP contribution is -2.21.